The van der Waals surface area contributed by atoms with Gasteiger partial charge in [-0.25, -0.2) is 4.79 Å². The number of aliphatic carboxylic acids is 1. The Hall–Kier alpha value is -2.40. The van der Waals surface area contributed by atoms with Gasteiger partial charge in [0.15, 0.2) is 0 Å². The second kappa shape index (κ2) is 6.85. The molecule has 1 heterocycles. The summed E-state index contributed by atoms with van der Waals surface area (Å²) in [6.07, 6.45) is 2.55. The summed E-state index contributed by atoms with van der Waals surface area (Å²) in [5.74, 6) is -1.15. The van der Waals surface area contributed by atoms with Crippen LogP contribution in [0.3, 0.4) is 0 Å². The molecule has 0 saturated carbocycles. The zero-order valence-corrected chi connectivity index (χ0v) is 12.3. The van der Waals surface area contributed by atoms with Gasteiger partial charge in [0, 0.05) is 11.6 Å². The molecule has 1 atom stereocenters. The fraction of sp³-hybridized carbons (Fsp3) is 0.125. The van der Waals surface area contributed by atoms with Crippen LogP contribution in [0.25, 0.3) is 6.08 Å². The van der Waals surface area contributed by atoms with E-state index in [-0.39, 0.29) is 11.9 Å². The number of thiophene rings is 1. The second-order valence-corrected chi connectivity index (χ2v) is 5.33. The molecule has 1 aromatic heterocycles. The van der Waals surface area contributed by atoms with Gasteiger partial charge in [-0.15, -0.1) is 0 Å². The molecule has 1 unspecified atom stereocenters. The van der Waals surface area contributed by atoms with E-state index < -0.39 is 5.97 Å². The van der Waals surface area contributed by atoms with Gasteiger partial charge in [0.2, 0.25) is 0 Å². The first-order valence-electron chi connectivity index (χ1n) is 6.40. The molecule has 1 amide bonds. The van der Waals surface area contributed by atoms with Gasteiger partial charge in [-0.2, -0.15) is 11.3 Å². The molecule has 2 aromatic rings. The van der Waals surface area contributed by atoms with Crippen LogP contribution in [0.1, 0.15) is 34.5 Å². The van der Waals surface area contributed by atoms with Gasteiger partial charge in [0.25, 0.3) is 5.91 Å². The van der Waals surface area contributed by atoms with Crippen molar-refractivity contribution in [1.29, 1.82) is 0 Å². The number of nitrogens with one attached hydrogen (secondary N) is 1. The van der Waals surface area contributed by atoms with E-state index in [1.54, 1.807) is 35.6 Å². The Labute approximate surface area is 126 Å². The highest BCUT2D eigenvalue weighted by Gasteiger charge is 2.11. The Balaban J connectivity index is 2.01. The van der Waals surface area contributed by atoms with Crippen LogP contribution in [-0.4, -0.2) is 17.0 Å². The number of carbonyl (C=O) groups excluding carboxylic acids is 1. The van der Waals surface area contributed by atoms with Gasteiger partial charge < -0.3 is 10.4 Å². The van der Waals surface area contributed by atoms with Crippen LogP contribution in [0.4, 0.5) is 0 Å². The fourth-order valence-electron chi connectivity index (χ4n) is 1.80. The lowest BCUT2D eigenvalue weighted by molar-refractivity contribution is -0.131. The van der Waals surface area contributed by atoms with Crippen molar-refractivity contribution in [2.75, 3.05) is 0 Å². The standard InChI is InChI=1S/C16H15NO3S/c1-11(14-8-9-21-10-14)17-16(20)13-5-2-12(3-6-13)4-7-15(18)19/h2-11H,1H3,(H,17,20)(H,18,19). The van der Waals surface area contributed by atoms with E-state index in [0.717, 1.165) is 17.2 Å². The maximum Gasteiger partial charge on any atom is 0.328 e. The topological polar surface area (TPSA) is 66.4 Å². The number of carboxylic acids is 1. The van der Waals surface area contributed by atoms with E-state index >= 15 is 0 Å². The van der Waals surface area contributed by atoms with Crippen LogP contribution >= 0.6 is 11.3 Å². The molecular weight excluding hydrogens is 286 g/mol. The maximum absolute atomic E-state index is 12.1. The Kier molecular flexibility index (Phi) is 4.90. The Morgan fingerprint density at radius 3 is 2.52 bits per heavy atom. The highest BCUT2D eigenvalue weighted by atomic mass is 32.1. The minimum Gasteiger partial charge on any atom is -0.478 e. The third-order valence-electron chi connectivity index (χ3n) is 2.98. The molecule has 2 rings (SSSR count). The van der Waals surface area contributed by atoms with E-state index in [1.807, 2.05) is 23.8 Å². The number of benzene rings is 1. The number of hydrogen-bond acceptors (Lipinski definition) is 3. The molecule has 0 aliphatic heterocycles. The molecule has 1 aromatic carbocycles. The Bertz CT molecular complexity index is 645. The molecule has 0 saturated heterocycles. The third kappa shape index (κ3) is 4.29. The molecule has 2 N–H and O–H groups in total. The van der Waals surface area contributed by atoms with E-state index in [0.29, 0.717) is 5.56 Å². The number of carbonyl (C=O) groups is 2. The van der Waals surface area contributed by atoms with Crippen LogP contribution in [0.15, 0.2) is 47.2 Å². The quantitative estimate of drug-likeness (QED) is 0.832. The number of rotatable bonds is 5. The highest BCUT2D eigenvalue weighted by Crippen LogP contribution is 2.16. The van der Waals surface area contributed by atoms with Crippen molar-refractivity contribution >= 4 is 29.3 Å². The molecule has 108 valence electrons. The first-order chi connectivity index (χ1) is 10.1. The van der Waals surface area contributed by atoms with E-state index in [9.17, 15) is 9.59 Å². The summed E-state index contributed by atoms with van der Waals surface area (Å²) in [6.45, 7) is 1.93. The van der Waals surface area contributed by atoms with E-state index in [2.05, 4.69) is 5.32 Å². The van der Waals surface area contributed by atoms with E-state index in [1.165, 1.54) is 6.08 Å². The third-order valence-corrected chi connectivity index (χ3v) is 3.68. The predicted octanol–water partition coefficient (Wildman–Crippen LogP) is 3.34. The van der Waals surface area contributed by atoms with Crippen molar-refractivity contribution in [3.63, 3.8) is 0 Å². The van der Waals surface area contributed by atoms with Crippen molar-refractivity contribution in [1.82, 2.24) is 5.32 Å². The molecule has 0 aliphatic rings. The summed E-state index contributed by atoms with van der Waals surface area (Å²) in [5, 5.41) is 15.5. The summed E-state index contributed by atoms with van der Waals surface area (Å²) >= 11 is 1.59. The average molecular weight is 301 g/mol. The van der Waals surface area contributed by atoms with Gasteiger partial charge in [-0.05, 0) is 53.1 Å². The molecule has 0 aliphatic carbocycles. The first kappa shape index (κ1) is 15.0. The molecule has 21 heavy (non-hydrogen) atoms. The van der Waals surface area contributed by atoms with Crippen LogP contribution < -0.4 is 5.32 Å². The van der Waals surface area contributed by atoms with Gasteiger partial charge >= 0.3 is 5.97 Å². The molecular formula is C16H15NO3S. The van der Waals surface area contributed by atoms with E-state index in [4.69, 9.17) is 5.11 Å². The molecule has 5 heteroatoms. The zero-order valence-electron chi connectivity index (χ0n) is 11.4. The minimum atomic E-state index is -0.999. The molecule has 0 radical (unpaired) electrons. The number of hydrogen-bond donors (Lipinski definition) is 2. The van der Waals surface area contributed by atoms with Crippen molar-refractivity contribution in [2.24, 2.45) is 0 Å². The van der Waals surface area contributed by atoms with Gasteiger partial charge in [0.05, 0.1) is 6.04 Å². The monoisotopic (exact) mass is 301 g/mol. The van der Waals surface area contributed by atoms with Gasteiger partial charge in [-0.1, -0.05) is 12.1 Å². The molecule has 0 bridgehead atoms. The smallest absolute Gasteiger partial charge is 0.328 e. The normalized spacial score (nSPS) is 12.2. The SMILES string of the molecule is CC(NC(=O)c1ccc(C=CC(=O)O)cc1)c1ccsc1. The summed E-state index contributed by atoms with van der Waals surface area (Å²) in [4.78, 5) is 22.5. The largest absolute Gasteiger partial charge is 0.478 e. The number of amides is 1. The summed E-state index contributed by atoms with van der Waals surface area (Å²) in [5.41, 5.74) is 2.36. The number of carboxylic acid groups (broad SMARTS) is 1. The van der Waals surface area contributed by atoms with Crippen molar-refractivity contribution in [3.8, 4) is 0 Å². The van der Waals surface area contributed by atoms with Crippen molar-refractivity contribution in [2.45, 2.75) is 13.0 Å². The van der Waals surface area contributed by atoms with Crippen LogP contribution in [0.5, 0.6) is 0 Å². The van der Waals surface area contributed by atoms with Gasteiger partial charge in [0.1, 0.15) is 0 Å². The molecule has 0 fully saturated rings. The summed E-state index contributed by atoms with van der Waals surface area (Å²) in [7, 11) is 0. The lowest BCUT2D eigenvalue weighted by Gasteiger charge is -2.12. The maximum atomic E-state index is 12.1. The lowest BCUT2D eigenvalue weighted by atomic mass is 10.1. The summed E-state index contributed by atoms with van der Waals surface area (Å²) < 4.78 is 0. The molecule has 0 spiro atoms. The fourth-order valence-corrected chi connectivity index (χ4v) is 2.55. The van der Waals surface area contributed by atoms with Crippen LogP contribution in [0, 0.1) is 0 Å². The molecule has 4 nitrogen and oxygen atoms in total. The van der Waals surface area contributed by atoms with Crippen molar-refractivity contribution in [3.05, 3.63) is 63.9 Å². The Morgan fingerprint density at radius 1 is 1.24 bits per heavy atom. The predicted molar refractivity (Wildman–Crippen MR) is 83.3 cm³/mol. The Morgan fingerprint density at radius 2 is 1.95 bits per heavy atom. The minimum absolute atomic E-state index is 0.0460. The van der Waals surface area contributed by atoms with Crippen molar-refractivity contribution < 1.29 is 14.7 Å². The van der Waals surface area contributed by atoms with Crippen LogP contribution in [0.2, 0.25) is 0 Å². The summed E-state index contributed by atoms with van der Waals surface area (Å²) in [6, 6.07) is 8.71. The first-order valence-corrected chi connectivity index (χ1v) is 7.34. The highest BCUT2D eigenvalue weighted by molar-refractivity contribution is 7.07. The second-order valence-electron chi connectivity index (χ2n) is 4.55. The average Bonchev–Trinajstić information content (AvgIpc) is 3.00. The van der Waals surface area contributed by atoms with Gasteiger partial charge in [-0.3, -0.25) is 4.79 Å². The zero-order chi connectivity index (χ0) is 15.2. The lowest BCUT2D eigenvalue weighted by Crippen LogP contribution is -2.26. The van der Waals surface area contributed by atoms with Crippen LogP contribution in [-0.2, 0) is 4.79 Å².